The number of H-pyrrole nitrogens is 1. The summed E-state index contributed by atoms with van der Waals surface area (Å²) in [7, 11) is 0. The molecule has 32 heavy (non-hydrogen) atoms. The van der Waals surface area contributed by atoms with Crippen molar-refractivity contribution in [3.05, 3.63) is 91.5 Å². The van der Waals surface area contributed by atoms with Crippen LogP contribution in [0.25, 0.3) is 29.1 Å². The fourth-order valence-electron chi connectivity index (χ4n) is 3.25. The van der Waals surface area contributed by atoms with E-state index < -0.39 is 5.41 Å². The van der Waals surface area contributed by atoms with E-state index in [0.29, 0.717) is 9.20 Å². The van der Waals surface area contributed by atoms with E-state index in [9.17, 15) is 9.59 Å². The Hall–Kier alpha value is -3.51. The highest BCUT2D eigenvalue weighted by Crippen LogP contribution is 2.27. The second-order valence-corrected chi connectivity index (χ2v) is 9.80. The summed E-state index contributed by atoms with van der Waals surface area (Å²) in [5, 5.41) is 4.84. The van der Waals surface area contributed by atoms with Crippen LogP contribution in [0, 0.1) is 12.3 Å². The zero-order chi connectivity index (χ0) is 22.9. The lowest BCUT2D eigenvalue weighted by atomic mass is 9.91. The van der Waals surface area contributed by atoms with Gasteiger partial charge in [-0.25, -0.2) is 4.68 Å². The second kappa shape index (κ2) is 8.55. The predicted molar refractivity (Wildman–Crippen MR) is 130 cm³/mol. The number of aryl methyl sites for hydroxylation is 1. The summed E-state index contributed by atoms with van der Waals surface area (Å²) < 4.78 is 2.90. The minimum Gasteiger partial charge on any atom is -0.313 e. The van der Waals surface area contributed by atoms with Crippen molar-refractivity contribution >= 4 is 29.3 Å². The normalized spacial score (nSPS) is 13.0. The Kier molecular flexibility index (Phi) is 5.80. The Labute approximate surface area is 190 Å². The van der Waals surface area contributed by atoms with Crippen LogP contribution in [-0.4, -0.2) is 20.5 Å². The van der Waals surface area contributed by atoms with Crippen LogP contribution in [0.1, 0.15) is 31.9 Å². The van der Waals surface area contributed by atoms with Crippen LogP contribution in [0.5, 0.6) is 0 Å². The summed E-state index contributed by atoms with van der Waals surface area (Å²) in [5.41, 5.74) is 3.97. The topological polar surface area (TPSA) is 67.8 Å². The molecule has 4 aromatic rings. The number of thiazole rings is 1. The molecule has 0 radical (unpaired) electrons. The van der Waals surface area contributed by atoms with Crippen molar-refractivity contribution in [3.8, 4) is 16.9 Å². The second-order valence-electron chi connectivity index (χ2n) is 8.72. The van der Waals surface area contributed by atoms with Crippen molar-refractivity contribution in [1.82, 2.24) is 14.8 Å². The van der Waals surface area contributed by atoms with Crippen LogP contribution in [0.15, 0.2) is 65.6 Å². The minimum absolute atomic E-state index is 0.0287. The quantitative estimate of drug-likeness (QED) is 0.521. The first-order valence-electron chi connectivity index (χ1n) is 10.4. The number of nitrogens with zero attached hydrogens (tertiary/aromatic N) is 2. The first-order chi connectivity index (χ1) is 15.2. The number of para-hydroxylation sites is 1. The summed E-state index contributed by atoms with van der Waals surface area (Å²) in [6, 6.07) is 17.9. The van der Waals surface area contributed by atoms with Crippen LogP contribution in [-0.2, 0) is 4.79 Å². The maximum absolute atomic E-state index is 12.6. The summed E-state index contributed by atoms with van der Waals surface area (Å²) >= 11 is 1.27. The third-order valence-corrected chi connectivity index (χ3v) is 6.09. The molecule has 2 aromatic heterocycles. The zero-order valence-electron chi connectivity index (χ0n) is 18.5. The summed E-state index contributed by atoms with van der Waals surface area (Å²) in [6.07, 6.45) is 5.29. The Morgan fingerprint density at radius 3 is 2.44 bits per heavy atom. The van der Waals surface area contributed by atoms with Gasteiger partial charge in [-0.05, 0) is 30.7 Å². The van der Waals surface area contributed by atoms with Gasteiger partial charge in [0, 0.05) is 28.8 Å². The van der Waals surface area contributed by atoms with E-state index in [-0.39, 0.29) is 11.3 Å². The molecule has 6 heteroatoms. The van der Waals surface area contributed by atoms with Gasteiger partial charge in [-0.2, -0.15) is 5.10 Å². The molecular weight excluding hydrogens is 418 g/mol. The average Bonchev–Trinajstić information content (AvgIpc) is 3.32. The van der Waals surface area contributed by atoms with E-state index in [0.717, 1.165) is 28.1 Å². The van der Waals surface area contributed by atoms with Crippen molar-refractivity contribution in [2.24, 2.45) is 5.41 Å². The lowest BCUT2D eigenvalue weighted by Crippen LogP contribution is -2.22. The number of hydrogen-bond donors (Lipinski definition) is 1. The number of nitrogens with one attached hydrogen (secondary N) is 1. The molecule has 0 aliphatic carbocycles. The van der Waals surface area contributed by atoms with Crippen LogP contribution < -0.4 is 14.8 Å². The molecule has 0 aliphatic heterocycles. The molecule has 5 nitrogen and oxygen atoms in total. The number of carbonyl (C=O) groups excluding carboxylic acids is 1. The summed E-state index contributed by atoms with van der Waals surface area (Å²) in [4.78, 5) is 27.8. The zero-order valence-corrected chi connectivity index (χ0v) is 19.4. The highest BCUT2D eigenvalue weighted by molar-refractivity contribution is 7.07. The number of hydrogen-bond acceptors (Lipinski definition) is 4. The van der Waals surface area contributed by atoms with Crippen LogP contribution >= 0.6 is 11.3 Å². The third kappa shape index (κ3) is 4.55. The van der Waals surface area contributed by atoms with Crippen molar-refractivity contribution < 1.29 is 4.79 Å². The fraction of sp³-hybridized carbons (Fsp3) is 0.192. The largest absolute Gasteiger partial charge is 0.313 e. The SMILES string of the molecule is Cc1ccccc1-c1nn(-c2ccccc2)cc1/C=c1\s/c(=C\C(=O)C(C)(C)C)[nH]c1=O. The van der Waals surface area contributed by atoms with Gasteiger partial charge in [0.25, 0.3) is 5.56 Å². The number of Topliss-reactive ketones (excluding diaryl/α,β-unsaturated/α-hetero) is 1. The molecule has 1 N–H and O–H groups in total. The monoisotopic (exact) mass is 443 g/mol. The van der Waals surface area contributed by atoms with E-state index in [1.54, 1.807) is 0 Å². The number of benzene rings is 2. The maximum Gasteiger partial charge on any atom is 0.266 e. The standard InChI is InChI=1S/C26H25N3O2S/c1-17-10-8-9-13-20(17)24-18(16-29(28-24)19-11-6-5-7-12-19)14-21-25(31)27-23(32-21)15-22(30)26(2,3)4/h5-16H,1-4H3,(H,27,31)/b21-14-,23-15-. The first kappa shape index (κ1) is 21.7. The van der Waals surface area contributed by atoms with E-state index >= 15 is 0 Å². The predicted octanol–water partition coefficient (Wildman–Crippen LogP) is 3.82. The molecule has 4 rings (SSSR count). The highest BCUT2D eigenvalue weighted by Gasteiger charge is 2.19. The van der Waals surface area contributed by atoms with Crippen LogP contribution in [0.2, 0.25) is 0 Å². The molecule has 0 bridgehead atoms. The van der Waals surface area contributed by atoms with Gasteiger partial charge in [0.1, 0.15) is 5.69 Å². The van der Waals surface area contributed by atoms with Gasteiger partial charge < -0.3 is 4.98 Å². The average molecular weight is 444 g/mol. The van der Waals surface area contributed by atoms with Gasteiger partial charge in [-0.1, -0.05) is 63.2 Å². The number of ketones is 1. The lowest BCUT2D eigenvalue weighted by Gasteiger charge is -2.12. The van der Waals surface area contributed by atoms with Crippen LogP contribution in [0.4, 0.5) is 0 Å². The molecule has 0 saturated carbocycles. The van der Waals surface area contributed by atoms with Crippen molar-refractivity contribution in [1.29, 1.82) is 0 Å². The van der Waals surface area contributed by atoms with Gasteiger partial charge in [-0.15, -0.1) is 11.3 Å². The molecule has 2 heterocycles. The van der Waals surface area contributed by atoms with Gasteiger partial charge in [0.05, 0.1) is 14.9 Å². The van der Waals surface area contributed by atoms with E-state index in [1.807, 2.05) is 99.2 Å². The minimum atomic E-state index is -0.500. The Balaban J connectivity index is 1.89. The number of carbonyl (C=O) groups is 1. The fourth-order valence-corrected chi connectivity index (χ4v) is 4.13. The Morgan fingerprint density at radius 1 is 1.06 bits per heavy atom. The third-order valence-electron chi connectivity index (χ3n) is 5.13. The molecule has 2 aromatic carbocycles. The van der Waals surface area contributed by atoms with Gasteiger partial charge in [-0.3, -0.25) is 9.59 Å². The molecule has 0 fully saturated rings. The number of rotatable bonds is 4. The van der Waals surface area contributed by atoms with Crippen LogP contribution in [0.3, 0.4) is 0 Å². The molecule has 162 valence electrons. The number of aromatic nitrogens is 3. The Bertz CT molecular complexity index is 1450. The summed E-state index contributed by atoms with van der Waals surface area (Å²) in [6.45, 7) is 7.62. The molecule has 0 unspecified atom stereocenters. The first-order valence-corrected chi connectivity index (χ1v) is 11.2. The van der Waals surface area contributed by atoms with Crippen molar-refractivity contribution in [2.75, 3.05) is 0 Å². The smallest absolute Gasteiger partial charge is 0.266 e. The van der Waals surface area contributed by atoms with Gasteiger partial charge >= 0.3 is 0 Å². The molecule has 0 saturated heterocycles. The van der Waals surface area contributed by atoms with E-state index in [1.165, 1.54) is 17.4 Å². The number of aromatic amines is 1. The molecule has 0 atom stereocenters. The maximum atomic E-state index is 12.6. The van der Waals surface area contributed by atoms with Crippen molar-refractivity contribution in [2.45, 2.75) is 27.7 Å². The van der Waals surface area contributed by atoms with Gasteiger partial charge in [0.15, 0.2) is 5.78 Å². The molecule has 0 aliphatic rings. The summed E-state index contributed by atoms with van der Waals surface area (Å²) in [5.74, 6) is -0.0287. The Morgan fingerprint density at radius 2 is 1.75 bits per heavy atom. The van der Waals surface area contributed by atoms with Gasteiger partial charge in [0.2, 0.25) is 0 Å². The molecular formula is C26H25N3O2S. The van der Waals surface area contributed by atoms with Crippen molar-refractivity contribution in [3.63, 3.8) is 0 Å². The molecule has 0 spiro atoms. The highest BCUT2D eigenvalue weighted by atomic mass is 32.1. The van der Waals surface area contributed by atoms with E-state index in [2.05, 4.69) is 4.98 Å². The molecule has 0 amide bonds. The van der Waals surface area contributed by atoms with E-state index in [4.69, 9.17) is 5.10 Å². The lowest BCUT2D eigenvalue weighted by molar-refractivity contribution is -0.119.